The highest BCUT2D eigenvalue weighted by molar-refractivity contribution is 7.09. The Morgan fingerprint density at radius 2 is 2.15 bits per heavy atom. The van der Waals surface area contributed by atoms with Crippen molar-refractivity contribution in [2.24, 2.45) is 0 Å². The van der Waals surface area contributed by atoms with Gasteiger partial charge in [0, 0.05) is 29.6 Å². The van der Waals surface area contributed by atoms with E-state index in [0.717, 1.165) is 21.8 Å². The van der Waals surface area contributed by atoms with Crippen molar-refractivity contribution in [2.75, 3.05) is 19.4 Å². The van der Waals surface area contributed by atoms with Gasteiger partial charge in [-0.05, 0) is 26.2 Å². The van der Waals surface area contributed by atoms with Crippen molar-refractivity contribution in [2.45, 2.75) is 13.5 Å². The molecule has 1 amide bonds. The fourth-order valence-electron chi connectivity index (χ4n) is 1.95. The van der Waals surface area contributed by atoms with Crippen LogP contribution in [0.25, 0.3) is 11.3 Å². The van der Waals surface area contributed by atoms with Crippen LogP contribution < -0.4 is 10.2 Å². The minimum atomic E-state index is -0.116. The number of thiazole rings is 1. The third-order valence-corrected chi connectivity index (χ3v) is 3.52. The number of aromatic amines is 1. The van der Waals surface area contributed by atoms with Gasteiger partial charge in [-0.1, -0.05) is 23.5 Å². The van der Waals surface area contributed by atoms with Crippen LogP contribution in [0.15, 0.2) is 29.1 Å². The van der Waals surface area contributed by atoms with Crippen LogP contribution in [0.3, 0.4) is 0 Å². The van der Waals surface area contributed by atoms with Crippen molar-refractivity contribution >= 4 is 22.9 Å². The fraction of sp³-hybridized carbons (Fsp3) is 0.286. The second-order valence-electron chi connectivity index (χ2n) is 4.81. The number of H-pyrrole nitrogens is 1. The lowest BCUT2D eigenvalue weighted by Gasteiger charge is -2.10. The van der Waals surface area contributed by atoms with E-state index in [9.17, 15) is 9.59 Å². The van der Waals surface area contributed by atoms with Crippen LogP contribution in [-0.2, 0) is 11.3 Å². The number of nitrogens with zero attached hydrogens (tertiary/aromatic N) is 1. The molecule has 0 fully saturated rings. The Balaban J connectivity index is 2.40. The maximum absolute atomic E-state index is 11.6. The Bertz CT molecular complexity index is 673. The van der Waals surface area contributed by atoms with E-state index in [1.54, 1.807) is 0 Å². The zero-order chi connectivity index (χ0) is 14.7. The van der Waals surface area contributed by atoms with Gasteiger partial charge in [-0.3, -0.25) is 9.59 Å². The second-order valence-corrected chi connectivity index (χ2v) is 5.88. The van der Waals surface area contributed by atoms with Crippen LogP contribution in [0.5, 0.6) is 0 Å². The summed E-state index contributed by atoms with van der Waals surface area (Å²) >= 11 is 1.22. The van der Waals surface area contributed by atoms with Crippen molar-refractivity contribution in [3.63, 3.8) is 0 Å². The maximum atomic E-state index is 11.6. The molecule has 6 heteroatoms. The normalized spacial score (nSPS) is 10.8. The molecule has 0 spiro atoms. The molecule has 20 heavy (non-hydrogen) atoms. The lowest BCUT2D eigenvalue weighted by molar-refractivity contribution is -0.114. The lowest BCUT2D eigenvalue weighted by Crippen LogP contribution is -2.10. The fourth-order valence-corrected chi connectivity index (χ4v) is 2.92. The molecule has 1 heterocycles. The minimum absolute atomic E-state index is 0.0678. The highest BCUT2D eigenvalue weighted by Gasteiger charge is 2.11. The van der Waals surface area contributed by atoms with Gasteiger partial charge in [0.1, 0.15) is 0 Å². The average molecular weight is 291 g/mol. The molecule has 2 aromatic rings. The summed E-state index contributed by atoms with van der Waals surface area (Å²) in [6.07, 6.45) is 0. The molecular formula is C14H17N3O2S. The summed E-state index contributed by atoms with van der Waals surface area (Å²) in [7, 11) is 3.92. The maximum Gasteiger partial charge on any atom is 0.305 e. The van der Waals surface area contributed by atoms with Crippen LogP contribution in [0.1, 0.15) is 11.8 Å². The van der Waals surface area contributed by atoms with Crippen LogP contribution >= 0.6 is 11.3 Å². The molecule has 0 bridgehead atoms. The molecule has 5 nitrogen and oxygen atoms in total. The first-order valence-electron chi connectivity index (χ1n) is 6.20. The molecule has 106 valence electrons. The summed E-state index contributed by atoms with van der Waals surface area (Å²) in [4.78, 5) is 28.5. The number of rotatable bonds is 4. The standard InChI is InChI=1S/C14H17N3O2S/c1-9(18)15-11-6-4-5-10(7-11)13-12(8-17(2)3)20-14(19)16-13/h4-7H,8H2,1-3H3,(H,15,18)(H,16,19). The number of nitrogens with one attached hydrogen (secondary N) is 2. The predicted molar refractivity (Wildman–Crippen MR) is 82.1 cm³/mol. The van der Waals surface area contributed by atoms with E-state index in [1.807, 2.05) is 43.3 Å². The highest BCUT2D eigenvalue weighted by atomic mass is 32.1. The molecule has 1 aromatic heterocycles. The number of hydrogen-bond acceptors (Lipinski definition) is 4. The van der Waals surface area contributed by atoms with Crippen LogP contribution in [-0.4, -0.2) is 29.9 Å². The number of aromatic nitrogens is 1. The van der Waals surface area contributed by atoms with Crippen LogP contribution in [0.2, 0.25) is 0 Å². The molecule has 0 aliphatic heterocycles. The smallest absolute Gasteiger partial charge is 0.305 e. The quantitative estimate of drug-likeness (QED) is 0.907. The van der Waals surface area contributed by atoms with Crippen LogP contribution in [0, 0.1) is 0 Å². The van der Waals surface area contributed by atoms with Gasteiger partial charge >= 0.3 is 4.87 Å². The van der Waals surface area contributed by atoms with Gasteiger partial charge in [0.25, 0.3) is 0 Å². The van der Waals surface area contributed by atoms with Gasteiger partial charge in [0.05, 0.1) is 5.69 Å². The largest absolute Gasteiger partial charge is 0.326 e. The van der Waals surface area contributed by atoms with E-state index in [-0.39, 0.29) is 10.8 Å². The highest BCUT2D eigenvalue weighted by Crippen LogP contribution is 2.26. The molecule has 0 aliphatic carbocycles. The average Bonchev–Trinajstić information content (AvgIpc) is 2.68. The summed E-state index contributed by atoms with van der Waals surface area (Å²) in [5.74, 6) is -0.116. The van der Waals surface area contributed by atoms with Gasteiger partial charge < -0.3 is 15.2 Å². The first kappa shape index (κ1) is 14.5. The van der Waals surface area contributed by atoms with Crippen molar-refractivity contribution in [3.05, 3.63) is 38.8 Å². The molecule has 0 radical (unpaired) electrons. The first-order chi connectivity index (χ1) is 9.45. The van der Waals surface area contributed by atoms with Crippen molar-refractivity contribution in [1.82, 2.24) is 9.88 Å². The molecule has 0 saturated carbocycles. The Kier molecular flexibility index (Phi) is 4.36. The minimum Gasteiger partial charge on any atom is -0.326 e. The van der Waals surface area contributed by atoms with Gasteiger partial charge in [0.2, 0.25) is 5.91 Å². The molecular weight excluding hydrogens is 274 g/mol. The number of amides is 1. The van der Waals surface area contributed by atoms with Gasteiger partial charge in [-0.15, -0.1) is 0 Å². The molecule has 2 N–H and O–H groups in total. The summed E-state index contributed by atoms with van der Waals surface area (Å²) in [6, 6.07) is 7.46. The number of carbonyl (C=O) groups excluding carboxylic acids is 1. The van der Waals surface area contributed by atoms with Crippen molar-refractivity contribution < 1.29 is 4.79 Å². The molecule has 0 unspecified atom stereocenters. The SMILES string of the molecule is CC(=O)Nc1cccc(-c2[nH]c(=O)sc2CN(C)C)c1. The number of carbonyl (C=O) groups is 1. The Morgan fingerprint density at radius 1 is 1.40 bits per heavy atom. The number of hydrogen-bond donors (Lipinski definition) is 2. The van der Waals surface area contributed by atoms with Gasteiger partial charge in [-0.25, -0.2) is 0 Å². The van der Waals surface area contributed by atoms with E-state index < -0.39 is 0 Å². The van der Waals surface area contributed by atoms with E-state index in [4.69, 9.17) is 0 Å². The lowest BCUT2D eigenvalue weighted by atomic mass is 10.1. The predicted octanol–water partition coefficient (Wildman–Crippen LogP) is 2.12. The Hall–Kier alpha value is -1.92. The molecule has 2 rings (SSSR count). The van der Waals surface area contributed by atoms with E-state index in [0.29, 0.717) is 6.54 Å². The zero-order valence-corrected chi connectivity index (χ0v) is 12.5. The monoisotopic (exact) mass is 291 g/mol. The van der Waals surface area contributed by atoms with Crippen LogP contribution in [0.4, 0.5) is 5.69 Å². The Morgan fingerprint density at radius 3 is 2.80 bits per heavy atom. The van der Waals surface area contributed by atoms with E-state index >= 15 is 0 Å². The molecule has 1 aromatic carbocycles. The topological polar surface area (TPSA) is 65.2 Å². The zero-order valence-electron chi connectivity index (χ0n) is 11.7. The van der Waals surface area contributed by atoms with E-state index in [1.165, 1.54) is 18.3 Å². The Labute approximate surface area is 121 Å². The second kappa shape index (κ2) is 6.02. The molecule has 0 saturated heterocycles. The third-order valence-electron chi connectivity index (χ3n) is 2.65. The third kappa shape index (κ3) is 3.55. The van der Waals surface area contributed by atoms with Gasteiger partial charge in [0.15, 0.2) is 0 Å². The summed E-state index contributed by atoms with van der Waals surface area (Å²) in [5, 5.41) is 2.74. The van der Waals surface area contributed by atoms with Crippen molar-refractivity contribution in [1.29, 1.82) is 0 Å². The van der Waals surface area contributed by atoms with E-state index in [2.05, 4.69) is 10.3 Å². The molecule has 0 atom stereocenters. The van der Waals surface area contributed by atoms with Crippen molar-refractivity contribution in [3.8, 4) is 11.3 Å². The molecule has 0 aliphatic rings. The first-order valence-corrected chi connectivity index (χ1v) is 7.02. The summed E-state index contributed by atoms with van der Waals surface area (Å²) in [5.41, 5.74) is 2.44. The van der Waals surface area contributed by atoms with Gasteiger partial charge in [-0.2, -0.15) is 0 Å². The summed E-state index contributed by atoms with van der Waals surface area (Å²) < 4.78 is 0. The summed E-state index contributed by atoms with van der Waals surface area (Å²) in [6.45, 7) is 2.17. The number of anilines is 1. The number of benzene rings is 1.